The lowest BCUT2D eigenvalue weighted by molar-refractivity contribution is 1.73. The van der Waals surface area contributed by atoms with E-state index in [1.165, 1.54) is 15.9 Å². The lowest BCUT2D eigenvalue weighted by atomic mass is 10.3. The summed E-state index contributed by atoms with van der Waals surface area (Å²) in [6.07, 6.45) is 0. The Morgan fingerprint density at radius 3 is 1.09 bits per heavy atom. The zero-order valence-corrected chi connectivity index (χ0v) is 14.7. The Hall–Kier alpha value is -1.04. The highest BCUT2D eigenvalue weighted by Crippen LogP contribution is 2.34. The second-order valence-electron chi connectivity index (χ2n) is 4.78. The Balaban J connectivity index is 2.18. The van der Waals surface area contributed by atoms with Crippen LogP contribution in [-0.4, -0.2) is 0 Å². The van der Waals surface area contributed by atoms with Gasteiger partial charge in [0.2, 0.25) is 0 Å². The minimum absolute atomic E-state index is 0.731. The summed E-state index contributed by atoms with van der Waals surface area (Å²) in [6.45, 7) is 0. The van der Waals surface area contributed by atoms with E-state index in [-0.39, 0.29) is 0 Å². The molecule has 3 aromatic carbocycles. The van der Waals surface area contributed by atoms with Gasteiger partial charge in [0.25, 0.3) is 0 Å². The molecule has 0 aliphatic heterocycles. The Labute approximate surface area is 146 Å². The van der Waals surface area contributed by atoms with Crippen molar-refractivity contribution in [2.24, 2.45) is 0 Å². The molecule has 4 heteroatoms. The van der Waals surface area contributed by atoms with Gasteiger partial charge in [0.05, 0.1) is 0 Å². The van der Waals surface area contributed by atoms with Crippen molar-refractivity contribution in [2.75, 3.05) is 0 Å². The van der Waals surface area contributed by atoms with E-state index in [4.69, 9.17) is 34.8 Å². The van der Waals surface area contributed by atoms with E-state index in [9.17, 15) is 0 Å². The summed E-state index contributed by atoms with van der Waals surface area (Å²) in [7, 11) is -0.748. The van der Waals surface area contributed by atoms with Gasteiger partial charge in [-0.05, 0) is 60.2 Å². The summed E-state index contributed by atoms with van der Waals surface area (Å²) >= 11 is 18.6. The normalized spacial score (nSPS) is 10.9. The van der Waals surface area contributed by atoms with E-state index in [1.807, 2.05) is 54.6 Å². The maximum Gasteiger partial charge on any atom is 0.0412 e. The molecule has 0 aromatic heterocycles. The van der Waals surface area contributed by atoms with E-state index in [1.54, 1.807) is 0 Å². The summed E-state index contributed by atoms with van der Waals surface area (Å²) in [4.78, 5) is 0. The quantitative estimate of drug-likeness (QED) is 0.545. The molecule has 0 amide bonds. The van der Waals surface area contributed by atoms with Gasteiger partial charge in [-0.1, -0.05) is 71.2 Å². The highest BCUT2D eigenvalue weighted by molar-refractivity contribution is 7.79. The molecule has 0 atom stereocenters. The van der Waals surface area contributed by atoms with Crippen LogP contribution in [0.2, 0.25) is 15.1 Å². The largest absolute Gasteiger partial charge is 0.0843 e. The molecule has 0 N–H and O–H groups in total. The Kier molecular flexibility index (Phi) is 5.06. The zero-order chi connectivity index (χ0) is 15.5. The molecule has 0 spiro atoms. The van der Waals surface area contributed by atoms with Crippen molar-refractivity contribution in [2.45, 2.75) is 0 Å². The molecule has 3 rings (SSSR count). The number of hydrogen-bond donors (Lipinski definition) is 0. The maximum absolute atomic E-state index is 6.18. The zero-order valence-electron chi connectivity index (χ0n) is 11.5. The predicted octanol–water partition coefficient (Wildman–Crippen LogP) is 5.41. The minimum Gasteiger partial charge on any atom is -0.0843 e. The van der Waals surface area contributed by atoms with Gasteiger partial charge in [-0.15, -0.1) is 0 Å². The van der Waals surface area contributed by atoms with Gasteiger partial charge in [-0.25, -0.2) is 0 Å². The number of benzene rings is 3. The molecule has 0 aliphatic rings. The monoisotopic (exact) mass is 364 g/mol. The third kappa shape index (κ3) is 3.65. The van der Waals surface area contributed by atoms with Crippen molar-refractivity contribution >= 4 is 58.6 Å². The molecular formula is C18H12Cl3P. The van der Waals surface area contributed by atoms with Gasteiger partial charge in [0, 0.05) is 15.1 Å². The Bertz CT molecular complexity index is 693. The Morgan fingerprint density at radius 1 is 0.500 bits per heavy atom. The van der Waals surface area contributed by atoms with E-state index in [2.05, 4.69) is 18.2 Å². The molecule has 0 saturated carbocycles. The summed E-state index contributed by atoms with van der Waals surface area (Å²) in [5, 5.41) is 5.71. The van der Waals surface area contributed by atoms with Crippen LogP contribution in [0.15, 0.2) is 72.8 Å². The summed E-state index contributed by atoms with van der Waals surface area (Å²) in [5.41, 5.74) is 0. The lowest BCUT2D eigenvalue weighted by Gasteiger charge is -2.20. The molecule has 3 aromatic rings. The fraction of sp³-hybridized carbons (Fsp3) is 0. The maximum atomic E-state index is 6.18. The van der Waals surface area contributed by atoms with Gasteiger partial charge in [0.15, 0.2) is 0 Å². The summed E-state index contributed by atoms with van der Waals surface area (Å²) < 4.78 is 0. The molecule has 22 heavy (non-hydrogen) atoms. The molecule has 0 heterocycles. The summed E-state index contributed by atoms with van der Waals surface area (Å²) in [6, 6.07) is 23.9. The predicted molar refractivity (Wildman–Crippen MR) is 100 cm³/mol. The van der Waals surface area contributed by atoms with Crippen molar-refractivity contribution < 1.29 is 0 Å². The van der Waals surface area contributed by atoms with Gasteiger partial charge in [-0.3, -0.25) is 0 Å². The highest BCUT2D eigenvalue weighted by atomic mass is 35.5. The van der Waals surface area contributed by atoms with Crippen LogP contribution in [0.25, 0.3) is 0 Å². The lowest BCUT2D eigenvalue weighted by Crippen LogP contribution is -2.20. The molecule has 0 radical (unpaired) electrons. The third-order valence-electron chi connectivity index (χ3n) is 3.20. The van der Waals surface area contributed by atoms with Crippen molar-refractivity contribution in [3.05, 3.63) is 87.9 Å². The minimum atomic E-state index is -0.748. The smallest absolute Gasteiger partial charge is 0.0412 e. The van der Waals surface area contributed by atoms with Crippen LogP contribution in [-0.2, 0) is 0 Å². The van der Waals surface area contributed by atoms with Crippen molar-refractivity contribution in [3.8, 4) is 0 Å². The fourth-order valence-corrected chi connectivity index (χ4v) is 5.50. The number of rotatable bonds is 3. The van der Waals surface area contributed by atoms with Crippen molar-refractivity contribution in [1.82, 2.24) is 0 Å². The average Bonchev–Trinajstić information content (AvgIpc) is 2.48. The molecule has 0 nitrogen and oxygen atoms in total. The SMILES string of the molecule is Clc1cccc(P(c2cccc(Cl)c2)c2cccc(Cl)c2)c1. The van der Waals surface area contributed by atoms with E-state index >= 15 is 0 Å². The topological polar surface area (TPSA) is 0 Å². The van der Waals surface area contributed by atoms with Gasteiger partial charge in [0.1, 0.15) is 0 Å². The fourth-order valence-electron chi connectivity index (χ4n) is 2.29. The molecule has 110 valence electrons. The molecule has 0 fully saturated rings. The van der Waals surface area contributed by atoms with Crippen LogP contribution in [0, 0.1) is 0 Å². The first-order chi connectivity index (χ1) is 10.6. The molecule has 0 bridgehead atoms. The van der Waals surface area contributed by atoms with E-state index in [0.717, 1.165) is 15.1 Å². The first-order valence-electron chi connectivity index (χ1n) is 6.70. The van der Waals surface area contributed by atoms with Crippen molar-refractivity contribution in [1.29, 1.82) is 0 Å². The van der Waals surface area contributed by atoms with Crippen LogP contribution in [0.5, 0.6) is 0 Å². The third-order valence-corrected chi connectivity index (χ3v) is 6.29. The standard InChI is InChI=1S/C18H12Cl3P/c19-13-4-1-7-16(10-13)22(17-8-2-5-14(20)11-17)18-9-3-6-15(21)12-18/h1-12H. The summed E-state index contributed by atoms with van der Waals surface area (Å²) in [5.74, 6) is 0. The first-order valence-corrected chi connectivity index (χ1v) is 9.18. The number of hydrogen-bond acceptors (Lipinski definition) is 0. The van der Waals surface area contributed by atoms with Crippen LogP contribution in [0.4, 0.5) is 0 Å². The first kappa shape index (κ1) is 15.8. The van der Waals surface area contributed by atoms with Crippen LogP contribution in [0.1, 0.15) is 0 Å². The molecule has 0 aliphatic carbocycles. The van der Waals surface area contributed by atoms with Crippen LogP contribution in [0.3, 0.4) is 0 Å². The highest BCUT2D eigenvalue weighted by Gasteiger charge is 2.17. The number of halogens is 3. The second-order valence-corrected chi connectivity index (χ2v) is 8.30. The van der Waals surface area contributed by atoms with Crippen molar-refractivity contribution in [3.63, 3.8) is 0 Å². The second kappa shape index (κ2) is 7.02. The van der Waals surface area contributed by atoms with Gasteiger partial charge >= 0.3 is 0 Å². The van der Waals surface area contributed by atoms with E-state index in [0.29, 0.717) is 0 Å². The molecule has 0 saturated heterocycles. The Morgan fingerprint density at radius 2 is 0.818 bits per heavy atom. The van der Waals surface area contributed by atoms with E-state index < -0.39 is 7.92 Å². The van der Waals surface area contributed by atoms with Crippen LogP contribution < -0.4 is 15.9 Å². The molecular weight excluding hydrogens is 354 g/mol. The average molecular weight is 366 g/mol. The van der Waals surface area contributed by atoms with Gasteiger partial charge in [-0.2, -0.15) is 0 Å². The van der Waals surface area contributed by atoms with Gasteiger partial charge < -0.3 is 0 Å². The van der Waals surface area contributed by atoms with Crippen LogP contribution >= 0.6 is 42.7 Å². The molecule has 0 unspecified atom stereocenters.